The average Bonchev–Trinajstić information content (AvgIpc) is 2.31. The molecule has 1 atom stereocenters. The highest BCUT2D eigenvalue weighted by Gasteiger charge is 2.21. The van der Waals surface area contributed by atoms with Crippen LogP contribution in [0.3, 0.4) is 0 Å². The van der Waals surface area contributed by atoms with Gasteiger partial charge in [-0.15, -0.1) is 0 Å². The minimum atomic E-state index is -0.752. The number of aliphatic carboxylic acids is 1. The molecule has 0 bridgehead atoms. The zero-order valence-electron chi connectivity index (χ0n) is 9.89. The van der Waals surface area contributed by atoms with E-state index >= 15 is 0 Å². The number of hydrogen-bond acceptors (Lipinski definition) is 2. The standard InChI is InChI=1S/C13H19NO2/c1-3-14(4-2)10-12(13(15)16)11-8-6-5-7-9-11/h5-9,12H,3-4,10H2,1-2H3,(H,15,16). The first-order valence-corrected chi connectivity index (χ1v) is 5.69. The zero-order chi connectivity index (χ0) is 12.0. The van der Waals surface area contributed by atoms with Crippen LogP contribution in [-0.2, 0) is 4.79 Å². The third kappa shape index (κ3) is 3.35. The smallest absolute Gasteiger partial charge is 0.312 e. The normalized spacial score (nSPS) is 12.7. The van der Waals surface area contributed by atoms with Gasteiger partial charge >= 0.3 is 5.97 Å². The molecule has 1 aromatic carbocycles. The summed E-state index contributed by atoms with van der Waals surface area (Å²) in [4.78, 5) is 13.4. The van der Waals surface area contributed by atoms with Crippen LogP contribution in [0, 0.1) is 0 Å². The topological polar surface area (TPSA) is 40.5 Å². The van der Waals surface area contributed by atoms with E-state index in [2.05, 4.69) is 4.90 Å². The summed E-state index contributed by atoms with van der Waals surface area (Å²) in [5.41, 5.74) is 0.877. The van der Waals surface area contributed by atoms with Gasteiger partial charge in [-0.3, -0.25) is 4.79 Å². The van der Waals surface area contributed by atoms with Crippen molar-refractivity contribution in [3.05, 3.63) is 35.9 Å². The van der Waals surface area contributed by atoms with Crippen molar-refractivity contribution >= 4 is 5.97 Å². The number of rotatable bonds is 6. The molecular formula is C13H19NO2. The van der Waals surface area contributed by atoms with Crippen molar-refractivity contribution in [3.8, 4) is 0 Å². The molecule has 0 amide bonds. The average molecular weight is 221 g/mol. The van der Waals surface area contributed by atoms with Gasteiger partial charge in [0.25, 0.3) is 0 Å². The second-order valence-electron chi connectivity index (χ2n) is 3.79. The van der Waals surface area contributed by atoms with Gasteiger partial charge in [0.2, 0.25) is 0 Å². The van der Waals surface area contributed by atoms with Gasteiger partial charge < -0.3 is 10.0 Å². The largest absolute Gasteiger partial charge is 0.481 e. The summed E-state index contributed by atoms with van der Waals surface area (Å²) in [7, 11) is 0. The van der Waals surface area contributed by atoms with E-state index in [4.69, 9.17) is 0 Å². The fourth-order valence-corrected chi connectivity index (χ4v) is 1.75. The van der Waals surface area contributed by atoms with Crippen molar-refractivity contribution in [2.45, 2.75) is 19.8 Å². The lowest BCUT2D eigenvalue weighted by Gasteiger charge is -2.22. The molecule has 0 saturated heterocycles. The number of nitrogens with zero attached hydrogens (tertiary/aromatic N) is 1. The molecule has 0 radical (unpaired) electrons. The third-order valence-electron chi connectivity index (χ3n) is 2.84. The lowest BCUT2D eigenvalue weighted by molar-refractivity contribution is -0.139. The minimum Gasteiger partial charge on any atom is -0.481 e. The van der Waals surface area contributed by atoms with Crippen molar-refractivity contribution in [3.63, 3.8) is 0 Å². The number of carboxylic acids is 1. The Morgan fingerprint density at radius 2 is 1.81 bits per heavy atom. The van der Waals surface area contributed by atoms with E-state index in [-0.39, 0.29) is 0 Å². The highest BCUT2D eigenvalue weighted by atomic mass is 16.4. The van der Waals surface area contributed by atoms with E-state index in [1.54, 1.807) is 0 Å². The number of benzene rings is 1. The van der Waals surface area contributed by atoms with Crippen LogP contribution in [0.5, 0.6) is 0 Å². The van der Waals surface area contributed by atoms with Gasteiger partial charge in [-0.25, -0.2) is 0 Å². The van der Waals surface area contributed by atoms with Crippen LogP contribution in [0.4, 0.5) is 0 Å². The van der Waals surface area contributed by atoms with Crippen LogP contribution in [0.15, 0.2) is 30.3 Å². The fourth-order valence-electron chi connectivity index (χ4n) is 1.75. The Hall–Kier alpha value is -1.35. The predicted octanol–water partition coefficient (Wildman–Crippen LogP) is 2.20. The molecule has 3 nitrogen and oxygen atoms in total. The maximum Gasteiger partial charge on any atom is 0.312 e. The molecule has 0 aliphatic carbocycles. The number of carbonyl (C=O) groups is 1. The molecule has 16 heavy (non-hydrogen) atoms. The summed E-state index contributed by atoms with van der Waals surface area (Å²) in [6.45, 7) is 6.44. The van der Waals surface area contributed by atoms with Crippen LogP contribution in [0.1, 0.15) is 25.3 Å². The Bertz CT molecular complexity index is 320. The van der Waals surface area contributed by atoms with Gasteiger partial charge in [0, 0.05) is 6.54 Å². The van der Waals surface area contributed by atoms with Gasteiger partial charge in [-0.05, 0) is 18.7 Å². The molecule has 0 heterocycles. The number of hydrogen-bond donors (Lipinski definition) is 1. The summed E-state index contributed by atoms with van der Waals surface area (Å²) in [6, 6.07) is 9.42. The Kier molecular flexibility index (Phi) is 4.99. The van der Waals surface area contributed by atoms with Gasteiger partial charge in [0.05, 0.1) is 5.92 Å². The SMILES string of the molecule is CCN(CC)CC(C(=O)O)c1ccccc1. The van der Waals surface area contributed by atoms with Gasteiger partial charge in [-0.1, -0.05) is 44.2 Å². The molecule has 0 saturated carbocycles. The van der Waals surface area contributed by atoms with Crippen molar-refractivity contribution in [1.82, 2.24) is 4.90 Å². The van der Waals surface area contributed by atoms with E-state index in [9.17, 15) is 9.90 Å². The van der Waals surface area contributed by atoms with Crippen molar-refractivity contribution in [1.29, 1.82) is 0 Å². The Morgan fingerprint density at radius 3 is 2.25 bits per heavy atom. The molecule has 0 aliphatic heterocycles. The Balaban J connectivity index is 2.80. The predicted molar refractivity (Wildman–Crippen MR) is 64.6 cm³/mol. The van der Waals surface area contributed by atoms with Crippen LogP contribution >= 0.6 is 0 Å². The Labute approximate surface area is 96.7 Å². The summed E-state index contributed by atoms with van der Waals surface area (Å²) < 4.78 is 0. The molecule has 1 N–H and O–H groups in total. The van der Waals surface area contributed by atoms with Crippen molar-refractivity contribution < 1.29 is 9.90 Å². The lowest BCUT2D eigenvalue weighted by Crippen LogP contribution is -2.31. The molecule has 0 aliphatic rings. The van der Waals surface area contributed by atoms with Crippen molar-refractivity contribution in [2.24, 2.45) is 0 Å². The van der Waals surface area contributed by atoms with Gasteiger partial charge in [-0.2, -0.15) is 0 Å². The van der Waals surface area contributed by atoms with Crippen LogP contribution in [0.2, 0.25) is 0 Å². The van der Waals surface area contributed by atoms with E-state index in [0.29, 0.717) is 6.54 Å². The van der Waals surface area contributed by atoms with E-state index in [1.165, 1.54) is 0 Å². The summed E-state index contributed by atoms with van der Waals surface area (Å²) >= 11 is 0. The molecular weight excluding hydrogens is 202 g/mol. The van der Waals surface area contributed by atoms with Gasteiger partial charge in [0.15, 0.2) is 0 Å². The summed E-state index contributed by atoms with van der Waals surface area (Å²) in [6.07, 6.45) is 0. The molecule has 0 aromatic heterocycles. The third-order valence-corrected chi connectivity index (χ3v) is 2.84. The van der Waals surface area contributed by atoms with E-state index in [1.807, 2.05) is 44.2 Å². The summed E-state index contributed by atoms with van der Waals surface area (Å²) in [5.74, 6) is -1.18. The highest BCUT2D eigenvalue weighted by molar-refractivity contribution is 5.76. The number of likely N-dealkylation sites (N-methyl/N-ethyl adjacent to an activating group) is 1. The second kappa shape index (κ2) is 6.28. The minimum absolute atomic E-state index is 0.430. The fraction of sp³-hybridized carbons (Fsp3) is 0.462. The molecule has 1 rings (SSSR count). The first-order chi connectivity index (χ1) is 7.69. The lowest BCUT2D eigenvalue weighted by atomic mass is 9.99. The van der Waals surface area contributed by atoms with Crippen molar-refractivity contribution in [2.75, 3.05) is 19.6 Å². The molecule has 3 heteroatoms. The number of carboxylic acid groups (broad SMARTS) is 1. The maximum atomic E-state index is 11.2. The van der Waals surface area contributed by atoms with Crippen LogP contribution in [-0.4, -0.2) is 35.6 Å². The molecule has 1 unspecified atom stereocenters. The zero-order valence-corrected chi connectivity index (χ0v) is 9.89. The Morgan fingerprint density at radius 1 is 1.25 bits per heavy atom. The summed E-state index contributed by atoms with van der Waals surface area (Å²) in [5, 5.41) is 9.24. The van der Waals surface area contributed by atoms with Crippen LogP contribution in [0.25, 0.3) is 0 Å². The molecule has 88 valence electrons. The van der Waals surface area contributed by atoms with E-state index in [0.717, 1.165) is 18.7 Å². The first kappa shape index (κ1) is 12.7. The van der Waals surface area contributed by atoms with E-state index < -0.39 is 11.9 Å². The molecule has 1 aromatic rings. The quantitative estimate of drug-likeness (QED) is 0.800. The maximum absolute atomic E-state index is 11.2. The monoisotopic (exact) mass is 221 g/mol. The second-order valence-corrected chi connectivity index (χ2v) is 3.79. The van der Waals surface area contributed by atoms with Gasteiger partial charge in [0.1, 0.15) is 0 Å². The first-order valence-electron chi connectivity index (χ1n) is 5.69. The molecule has 0 spiro atoms. The van der Waals surface area contributed by atoms with Crippen LogP contribution < -0.4 is 0 Å². The molecule has 0 fully saturated rings. The highest BCUT2D eigenvalue weighted by Crippen LogP contribution is 2.17.